The topological polar surface area (TPSA) is 57.2 Å². The standard InChI is InChI=1S/C14H17ClN2O2/c1-8(2)17-11-7-10(15)5-4-9(11)6-12(17)13(16)14(18)19-3/h4-8,13H,16H2,1-3H3. The van der Waals surface area contributed by atoms with Crippen LogP contribution >= 0.6 is 11.6 Å². The van der Waals surface area contributed by atoms with Crippen LogP contribution in [-0.4, -0.2) is 17.6 Å². The number of carbonyl (C=O) groups excluding carboxylic acids is 1. The Morgan fingerprint density at radius 2 is 2.05 bits per heavy atom. The van der Waals surface area contributed by atoms with Crippen molar-refractivity contribution in [3.05, 3.63) is 35.0 Å². The van der Waals surface area contributed by atoms with Crippen LogP contribution in [0, 0.1) is 0 Å². The molecule has 102 valence electrons. The van der Waals surface area contributed by atoms with Gasteiger partial charge in [-0.15, -0.1) is 0 Å². The average molecular weight is 281 g/mol. The number of rotatable bonds is 3. The fourth-order valence-electron chi connectivity index (χ4n) is 2.28. The van der Waals surface area contributed by atoms with E-state index >= 15 is 0 Å². The highest BCUT2D eigenvalue weighted by Crippen LogP contribution is 2.29. The van der Waals surface area contributed by atoms with Crippen LogP contribution in [0.2, 0.25) is 5.02 Å². The summed E-state index contributed by atoms with van der Waals surface area (Å²) in [6.07, 6.45) is 0. The third kappa shape index (κ3) is 2.46. The molecule has 1 heterocycles. The Bertz CT molecular complexity index is 619. The second-order valence-corrected chi connectivity index (χ2v) is 5.17. The van der Waals surface area contributed by atoms with Gasteiger partial charge in [0.05, 0.1) is 12.6 Å². The number of esters is 1. The third-order valence-electron chi connectivity index (χ3n) is 3.12. The number of ether oxygens (including phenoxy) is 1. The Labute approximate surface area is 117 Å². The molecule has 0 saturated carbocycles. The molecule has 0 aliphatic heterocycles. The van der Waals surface area contributed by atoms with Crippen molar-refractivity contribution >= 4 is 28.5 Å². The van der Waals surface area contributed by atoms with Gasteiger partial charge in [-0.3, -0.25) is 0 Å². The molecule has 2 aromatic rings. The normalized spacial score (nSPS) is 12.9. The van der Waals surface area contributed by atoms with Gasteiger partial charge in [-0.25, -0.2) is 4.79 Å². The van der Waals surface area contributed by atoms with E-state index in [-0.39, 0.29) is 6.04 Å². The van der Waals surface area contributed by atoms with Crippen molar-refractivity contribution < 1.29 is 9.53 Å². The van der Waals surface area contributed by atoms with E-state index in [1.807, 2.05) is 42.7 Å². The maximum Gasteiger partial charge on any atom is 0.328 e. The molecule has 2 rings (SSSR count). The lowest BCUT2D eigenvalue weighted by Gasteiger charge is -2.18. The molecule has 1 atom stereocenters. The lowest BCUT2D eigenvalue weighted by atomic mass is 10.2. The van der Waals surface area contributed by atoms with Crippen LogP contribution in [0.5, 0.6) is 0 Å². The van der Waals surface area contributed by atoms with Gasteiger partial charge in [0.25, 0.3) is 0 Å². The summed E-state index contributed by atoms with van der Waals surface area (Å²) in [5.74, 6) is -0.448. The van der Waals surface area contributed by atoms with Crippen molar-refractivity contribution in [3.8, 4) is 0 Å². The largest absolute Gasteiger partial charge is 0.468 e. The lowest BCUT2D eigenvalue weighted by molar-refractivity contribution is -0.142. The highest BCUT2D eigenvalue weighted by atomic mass is 35.5. The molecule has 0 fully saturated rings. The van der Waals surface area contributed by atoms with Gasteiger partial charge in [0, 0.05) is 22.1 Å². The maximum atomic E-state index is 11.6. The number of methoxy groups -OCH3 is 1. The summed E-state index contributed by atoms with van der Waals surface area (Å²) in [5, 5.41) is 1.66. The predicted octanol–water partition coefficient (Wildman–Crippen LogP) is 3.05. The zero-order valence-corrected chi connectivity index (χ0v) is 11.9. The molecule has 0 radical (unpaired) electrons. The van der Waals surface area contributed by atoms with Gasteiger partial charge in [-0.05, 0) is 32.0 Å². The van der Waals surface area contributed by atoms with Gasteiger partial charge in [-0.1, -0.05) is 17.7 Å². The van der Waals surface area contributed by atoms with Gasteiger partial charge in [0.1, 0.15) is 6.04 Å². The Balaban J connectivity index is 2.66. The molecule has 1 unspecified atom stereocenters. The molecule has 2 N–H and O–H groups in total. The molecule has 0 spiro atoms. The summed E-state index contributed by atoms with van der Waals surface area (Å²) in [7, 11) is 1.33. The summed E-state index contributed by atoms with van der Waals surface area (Å²) in [6.45, 7) is 4.07. The number of aromatic nitrogens is 1. The summed E-state index contributed by atoms with van der Waals surface area (Å²) >= 11 is 6.04. The first kappa shape index (κ1) is 13.9. The van der Waals surface area contributed by atoms with E-state index in [9.17, 15) is 4.79 Å². The number of fused-ring (bicyclic) bond motifs is 1. The van der Waals surface area contributed by atoms with E-state index in [0.717, 1.165) is 16.6 Å². The van der Waals surface area contributed by atoms with Crippen molar-refractivity contribution in [3.63, 3.8) is 0 Å². The van der Waals surface area contributed by atoms with Crippen molar-refractivity contribution in [2.45, 2.75) is 25.9 Å². The first-order valence-corrected chi connectivity index (χ1v) is 6.47. The van der Waals surface area contributed by atoms with Crippen molar-refractivity contribution in [2.75, 3.05) is 7.11 Å². The van der Waals surface area contributed by atoms with Gasteiger partial charge in [0.15, 0.2) is 0 Å². The van der Waals surface area contributed by atoms with Crippen molar-refractivity contribution in [2.24, 2.45) is 5.73 Å². The van der Waals surface area contributed by atoms with Crippen LogP contribution in [-0.2, 0) is 9.53 Å². The lowest BCUT2D eigenvalue weighted by Crippen LogP contribution is -2.25. The van der Waals surface area contributed by atoms with Crippen LogP contribution in [0.4, 0.5) is 0 Å². The first-order valence-electron chi connectivity index (χ1n) is 6.09. The molecule has 4 nitrogen and oxygen atoms in total. The van der Waals surface area contributed by atoms with Gasteiger partial charge in [-0.2, -0.15) is 0 Å². The Morgan fingerprint density at radius 3 is 2.63 bits per heavy atom. The molecule has 0 aliphatic carbocycles. The minimum Gasteiger partial charge on any atom is -0.468 e. The van der Waals surface area contributed by atoms with Gasteiger partial charge < -0.3 is 15.0 Å². The molecule has 19 heavy (non-hydrogen) atoms. The second-order valence-electron chi connectivity index (χ2n) is 4.74. The molecular weight excluding hydrogens is 264 g/mol. The minimum atomic E-state index is -0.793. The quantitative estimate of drug-likeness (QED) is 0.879. The summed E-state index contributed by atoms with van der Waals surface area (Å²) in [6, 6.07) is 6.91. The van der Waals surface area contributed by atoms with E-state index in [1.54, 1.807) is 0 Å². The monoisotopic (exact) mass is 280 g/mol. The zero-order chi connectivity index (χ0) is 14.2. The number of nitrogens with two attached hydrogens (primary N) is 1. The molecule has 1 aromatic carbocycles. The number of nitrogens with zero attached hydrogens (tertiary/aromatic N) is 1. The minimum absolute atomic E-state index is 0.168. The molecule has 0 amide bonds. The number of carbonyl (C=O) groups is 1. The van der Waals surface area contributed by atoms with E-state index in [4.69, 9.17) is 22.1 Å². The van der Waals surface area contributed by atoms with Crippen molar-refractivity contribution in [1.82, 2.24) is 4.57 Å². The van der Waals surface area contributed by atoms with Crippen LogP contribution < -0.4 is 5.73 Å². The van der Waals surface area contributed by atoms with Crippen molar-refractivity contribution in [1.29, 1.82) is 0 Å². The zero-order valence-electron chi connectivity index (χ0n) is 11.2. The fraction of sp³-hybridized carbons (Fsp3) is 0.357. The van der Waals surface area contributed by atoms with Crippen LogP contribution in [0.3, 0.4) is 0 Å². The van der Waals surface area contributed by atoms with Gasteiger partial charge in [0.2, 0.25) is 0 Å². The van der Waals surface area contributed by atoms with E-state index in [2.05, 4.69) is 0 Å². The summed E-state index contributed by atoms with van der Waals surface area (Å²) < 4.78 is 6.73. The number of hydrogen-bond donors (Lipinski definition) is 1. The van der Waals surface area contributed by atoms with E-state index < -0.39 is 12.0 Å². The average Bonchev–Trinajstić information content (AvgIpc) is 2.75. The third-order valence-corrected chi connectivity index (χ3v) is 3.36. The van der Waals surface area contributed by atoms with Crippen LogP contribution in [0.25, 0.3) is 10.9 Å². The maximum absolute atomic E-state index is 11.6. The second kappa shape index (κ2) is 5.23. The van der Waals surface area contributed by atoms with E-state index in [1.165, 1.54) is 7.11 Å². The summed E-state index contributed by atoms with van der Waals surface area (Å²) in [4.78, 5) is 11.6. The van der Waals surface area contributed by atoms with Gasteiger partial charge >= 0.3 is 5.97 Å². The molecule has 0 aliphatic rings. The first-order chi connectivity index (χ1) is 8.95. The highest BCUT2D eigenvalue weighted by molar-refractivity contribution is 6.31. The Morgan fingerprint density at radius 1 is 1.37 bits per heavy atom. The number of hydrogen-bond acceptors (Lipinski definition) is 3. The summed E-state index contributed by atoms with van der Waals surface area (Å²) in [5.41, 5.74) is 7.67. The van der Waals surface area contributed by atoms with E-state index in [0.29, 0.717) is 5.02 Å². The Kier molecular flexibility index (Phi) is 3.83. The SMILES string of the molecule is COC(=O)C(N)c1cc2ccc(Cl)cc2n1C(C)C. The Hall–Kier alpha value is -1.52. The predicted molar refractivity (Wildman–Crippen MR) is 76.3 cm³/mol. The molecule has 0 saturated heterocycles. The number of halogens is 1. The number of benzene rings is 1. The molecule has 1 aromatic heterocycles. The highest BCUT2D eigenvalue weighted by Gasteiger charge is 2.23. The molecular formula is C14H17ClN2O2. The molecule has 5 heteroatoms. The smallest absolute Gasteiger partial charge is 0.328 e. The van der Waals surface area contributed by atoms with Crippen LogP contribution in [0.1, 0.15) is 31.6 Å². The fourth-order valence-corrected chi connectivity index (χ4v) is 2.45. The van der Waals surface area contributed by atoms with Crippen LogP contribution in [0.15, 0.2) is 24.3 Å². The molecule has 0 bridgehead atoms.